The highest BCUT2D eigenvalue weighted by Gasteiger charge is 2.13. The molecule has 0 bridgehead atoms. The van der Waals surface area contributed by atoms with Gasteiger partial charge >= 0.3 is 0 Å². The number of anilines is 1. The Kier molecular flexibility index (Phi) is 4.32. The summed E-state index contributed by atoms with van der Waals surface area (Å²) < 4.78 is 2.36. The van der Waals surface area contributed by atoms with Crippen LogP contribution in [0.3, 0.4) is 0 Å². The first-order chi connectivity index (χ1) is 11.8. The van der Waals surface area contributed by atoms with E-state index >= 15 is 0 Å². The molecule has 25 heavy (non-hydrogen) atoms. The molecule has 0 radical (unpaired) electrons. The number of hydrogen-bond donors (Lipinski definition) is 1. The Morgan fingerprint density at radius 1 is 1.28 bits per heavy atom. The fourth-order valence-corrected chi connectivity index (χ4v) is 3.43. The van der Waals surface area contributed by atoms with Crippen molar-refractivity contribution in [2.24, 2.45) is 0 Å². The highest BCUT2D eigenvalue weighted by Crippen LogP contribution is 2.29. The summed E-state index contributed by atoms with van der Waals surface area (Å²) in [7, 11) is 0. The van der Waals surface area contributed by atoms with Crippen LogP contribution in [0.15, 0.2) is 35.1 Å². The van der Waals surface area contributed by atoms with Crippen LogP contribution in [-0.4, -0.2) is 20.4 Å². The smallest absolute Gasteiger partial charge is 0.270 e. The molecule has 1 aromatic carbocycles. The highest BCUT2D eigenvalue weighted by molar-refractivity contribution is 7.22. The predicted octanol–water partition coefficient (Wildman–Crippen LogP) is 2.62. The first-order valence-electron chi connectivity index (χ1n) is 7.36. The van der Waals surface area contributed by atoms with Crippen molar-refractivity contribution in [1.29, 1.82) is 0 Å². The lowest BCUT2D eigenvalue weighted by Gasteiger charge is -2.13. The average Bonchev–Trinajstić information content (AvgIpc) is 2.91. The zero-order valence-electron chi connectivity index (χ0n) is 13.5. The van der Waals surface area contributed by atoms with Gasteiger partial charge in [0.2, 0.25) is 5.91 Å². The van der Waals surface area contributed by atoms with Gasteiger partial charge in [-0.1, -0.05) is 11.3 Å². The third-order valence-electron chi connectivity index (χ3n) is 3.68. The molecule has 1 amide bonds. The molecule has 9 heteroatoms. The summed E-state index contributed by atoms with van der Waals surface area (Å²) in [5.41, 5.74) is 1.86. The third-order valence-corrected chi connectivity index (χ3v) is 4.62. The van der Waals surface area contributed by atoms with Crippen molar-refractivity contribution in [1.82, 2.24) is 9.55 Å². The average molecular weight is 358 g/mol. The zero-order valence-corrected chi connectivity index (χ0v) is 14.3. The molecule has 0 saturated heterocycles. The number of aryl methyl sites for hydroxylation is 2. The molecule has 2 aromatic heterocycles. The van der Waals surface area contributed by atoms with Crippen molar-refractivity contribution in [3.05, 3.63) is 62.1 Å². The molecular formula is C16H14N4O4S. The van der Waals surface area contributed by atoms with Crippen LogP contribution in [0.5, 0.6) is 0 Å². The molecule has 2 heterocycles. The van der Waals surface area contributed by atoms with Gasteiger partial charge in [0.15, 0.2) is 10.6 Å². The maximum absolute atomic E-state index is 12.3. The number of aromatic nitrogens is 2. The van der Waals surface area contributed by atoms with Gasteiger partial charge in [0.25, 0.3) is 5.69 Å². The Morgan fingerprint density at radius 2 is 1.96 bits per heavy atom. The number of thiazole rings is 1. The van der Waals surface area contributed by atoms with Crippen LogP contribution >= 0.6 is 11.3 Å². The number of carbonyl (C=O) groups is 1. The van der Waals surface area contributed by atoms with Crippen LogP contribution in [0.4, 0.5) is 10.8 Å². The van der Waals surface area contributed by atoms with Gasteiger partial charge in [-0.25, -0.2) is 4.98 Å². The molecule has 0 saturated carbocycles. The van der Waals surface area contributed by atoms with E-state index in [9.17, 15) is 19.7 Å². The summed E-state index contributed by atoms with van der Waals surface area (Å²) in [5.74, 6) is -0.289. The second kappa shape index (κ2) is 6.44. The van der Waals surface area contributed by atoms with E-state index in [0.717, 1.165) is 0 Å². The van der Waals surface area contributed by atoms with Crippen molar-refractivity contribution in [2.75, 3.05) is 5.32 Å². The number of benzene rings is 1. The minimum Gasteiger partial charge on any atom is -0.340 e. The minimum absolute atomic E-state index is 0.0199. The van der Waals surface area contributed by atoms with Crippen LogP contribution < -0.4 is 10.7 Å². The van der Waals surface area contributed by atoms with Crippen LogP contribution in [0, 0.1) is 24.0 Å². The number of nitro benzene ring substituents is 1. The molecule has 128 valence electrons. The lowest BCUT2D eigenvalue weighted by atomic mass is 10.3. The van der Waals surface area contributed by atoms with Crippen LogP contribution in [0.1, 0.15) is 11.4 Å². The zero-order chi connectivity index (χ0) is 18.1. The minimum atomic E-state index is -0.473. The monoisotopic (exact) mass is 358 g/mol. The second-order valence-electron chi connectivity index (χ2n) is 5.54. The van der Waals surface area contributed by atoms with Gasteiger partial charge in [0, 0.05) is 35.7 Å². The molecular weight excluding hydrogens is 344 g/mol. The molecule has 1 N–H and O–H groups in total. The number of pyridine rings is 1. The van der Waals surface area contributed by atoms with Crippen LogP contribution in [-0.2, 0) is 11.3 Å². The second-order valence-corrected chi connectivity index (χ2v) is 6.57. The van der Waals surface area contributed by atoms with Gasteiger partial charge in [-0.2, -0.15) is 0 Å². The van der Waals surface area contributed by atoms with E-state index in [2.05, 4.69) is 10.3 Å². The number of carbonyl (C=O) groups excluding carboxylic acids is 1. The normalized spacial score (nSPS) is 10.8. The Hall–Kier alpha value is -3.07. The summed E-state index contributed by atoms with van der Waals surface area (Å²) >= 11 is 1.17. The maximum Gasteiger partial charge on any atom is 0.270 e. The highest BCUT2D eigenvalue weighted by atomic mass is 32.1. The van der Waals surface area contributed by atoms with Gasteiger partial charge in [0.05, 0.1) is 15.1 Å². The molecule has 0 unspecified atom stereocenters. The first-order valence-corrected chi connectivity index (χ1v) is 8.18. The van der Waals surface area contributed by atoms with E-state index in [1.807, 2.05) is 0 Å². The molecule has 3 aromatic rings. The topological polar surface area (TPSA) is 107 Å². The molecule has 0 atom stereocenters. The maximum atomic E-state index is 12.3. The number of rotatable bonds is 4. The predicted molar refractivity (Wildman–Crippen MR) is 95.1 cm³/mol. The molecule has 0 spiro atoms. The van der Waals surface area contributed by atoms with E-state index in [1.54, 1.807) is 24.5 Å². The van der Waals surface area contributed by atoms with E-state index in [0.29, 0.717) is 26.7 Å². The Balaban J connectivity index is 1.80. The van der Waals surface area contributed by atoms with E-state index in [-0.39, 0.29) is 23.6 Å². The summed E-state index contributed by atoms with van der Waals surface area (Å²) in [6, 6.07) is 7.29. The third kappa shape index (κ3) is 3.56. The van der Waals surface area contributed by atoms with Gasteiger partial charge in [-0.3, -0.25) is 19.7 Å². The molecule has 0 aliphatic heterocycles. The van der Waals surface area contributed by atoms with Gasteiger partial charge in [-0.05, 0) is 19.9 Å². The SMILES string of the molecule is Cc1cc(=O)cc(C)n1CC(=O)Nc1nc2ccc([N+](=O)[O-])cc2s1. The summed E-state index contributed by atoms with van der Waals surface area (Å²) in [6.45, 7) is 3.57. The van der Waals surface area contributed by atoms with Crippen molar-refractivity contribution < 1.29 is 9.72 Å². The van der Waals surface area contributed by atoms with E-state index in [1.165, 1.54) is 35.6 Å². The first kappa shape index (κ1) is 16.8. The number of nitro groups is 1. The molecule has 0 aliphatic carbocycles. The van der Waals surface area contributed by atoms with Gasteiger partial charge in [0.1, 0.15) is 6.54 Å². The standard InChI is InChI=1S/C16H14N4O4S/c1-9-5-12(21)6-10(2)19(9)8-15(22)18-16-17-13-4-3-11(20(23)24)7-14(13)25-16/h3-7H,8H2,1-2H3,(H,17,18,22). The summed E-state index contributed by atoms with van der Waals surface area (Å²) in [6.07, 6.45) is 0. The number of nitrogens with one attached hydrogen (secondary N) is 1. The molecule has 0 fully saturated rings. The van der Waals surface area contributed by atoms with Crippen molar-refractivity contribution in [3.63, 3.8) is 0 Å². The lowest BCUT2D eigenvalue weighted by Crippen LogP contribution is -2.23. The Morgan fingerprint density at radius 3 is 2.60 bits per heavy atom. The van der Waals surface area contributed by atoms with Gasteiger partial charge < -0.3 is 9.88 Å². The molecule has 0 aliphatic rings. The van der Waals surface area contributed by atoms with Crippen molar-refractivity contribution in [2.45, 2.75) is 20.4 Å². The van der Waals surface area contributed by atoms with E-state index in [4.69, 9.17) is 0 Å². The fourth-order valence-electron chi connectivity index (χ4n) is 2.52. The number of fused-ring (bicyclic) bond motifs is 1. The van der Waals surface area contributed by atoms with Crippen molar-refractivity contribution in [3.8, 4) is 0 Å². The van der Waals surface area contributed by atoms with E-state index < -0.39 is 4.92 Å². The largest absolute Gasteiger partial charge is 0.340 e. The quantitative estimate of drug-likeness (QED) is 0.570. The van der Waals surface area contributed by atoms with Gasteiger partial charge in [-0.15, -0.1) is 0 Å². The summed E-state index contributed by atoms with van der Waals surface area (Å²) in [4.78, 5) is 38.3. The number of nitrogens with zero attached hydrogens (tertiary/aromatic N) is 3. The van der Waals surface area contributed by atoms with Crippen LogP contribution in [0.25, 0.3) is 10.2 Å². The fraction of sp³-hybridized carbons (Fsp3) is 0.188. The Labute approximate surface area is 145 Å². The number of non-ortho nitro benzene ring substituents is 1. The number of hydrogen-bond acceptors (Lipinski definition) is 6. The van der Waals surface area contributed by atoms with Crippen LogP contribution in [0.2, 0.25) is 0 Å². The Bertz CT molecular complexity index is 1030. The summed E-state index contributed by atoms with van der Waals surface area (Å²) in [5, 5.41) is 13.9. The van der Waals surface area contributed by atoms with Crippen molar-refractivity contribution >= 4 is 38.3 Å². The lowest BCUT2D eigenvalue weighted by molar-refractivity contribution is -0.384. The molecule has 3 rings (SSSR count). The molecule has 8 nitrogen and oxygen atoms in total. The number of amides is 1.